The van der Waals surface area contributed by atoms with Crippen molar-refractivity contribution in [2.45, 2.75) is 13.5 Å². The second kappa shape index (κ2) is 9.60. The van der Waals surface area contributed by atoms with E-state index in [1.807, 2.05) is 0 Å². The Morgan fingerprint density at radius 1 is 1.03 bits per heavy atom. The first-order valence-corrected chi connectivity index (χ1v) is 9.37. The standard InChI is InChI=1S/C19H16N6O9/c1-11-18(24(29)30)19(25(31)32)21-22(11)10-17(26)20-12-7-13(23(27)28)9-14(8-12)34-16-6-4-3-5-15(16)33-2/h3-9H,10H2,1-2H3,(H,20,26). The van der Waals surface area contributed by atoms with Crippen LogP contribution in [0.25, 0.3) is 0 Å². The third-order valence-corrected chi connectivity index (χ3v) is 4.49. The van der Waals surface area contributed by atoms with Crippen LogP contribution in [-0.4, -0.2) is 37.6 Å². The van der Waals surface area contributed by atoms with Gasteiger partial charge in [-0.1, -0.05) is 12.1 Å². The van der Waals surface area contributed by atoms with Gasteiger partial charge in [-0.2, -0.15) is 4.68 Å². The second-order valence-corrected chi connectivity index (χ2v) is 6.70. The van der Waals surface area contributed by atoms with Crippen molar-refractivity contribution in [2.24, 2.45) is 0 Å². The molecule has 1 aromatic heterocycles. The van der Waals surface area contributed by atoms with Crippen molar-refractivity contribution < 1.29 is 29.0 Å². The zero-order valence-electron chi connectivity index (χ0n) is 17.7. The molecule has 2 aromatic carbocycles. The van der Waals surface area contributed by atoms with Crippen molar-refractivity contribution in [1.29, 1.82) is 0 Å². The largest absolute Gasteiger partial charge is 0.493 e. The van der Waals surface area contributed by atoms with E-state index < -0.39 is 38.7 Å². The molecule has 0 spiro atoms. The molecule has 0 fully saturated rings. The van der Waals surface area contributed by atoms with Gasteiger partial charge < -0.3 is 24.9 Å². The number of nitro benzene ring substituents is 1. The summed E-state index contributed by atoms with van der Waals surface area (Å²) in [6, 6.07) is 10.1. The molecule has 1 N–H and O–H groups in total. The summed E-state index contributed by atoms with van der Waals surface area (Å²) >= 11 is 0. The molecule has 0 bridgehead atoms. The molecular formula is C19H16N6O9. The lowest BCUT2D eigenvalue weighted by atomic mass is 10.2. The molecule has 0 saturated carbocycles. The fraction of sp³-hybridized carbons (Fsp3) is 0.158. The number of para-hydroxylation sites is 2. The van der Waals surface area contributed by atoms with Gasteiger partial charge in [-0.05, 0) is 24.0 Å². The smallest absolute Gasteiger partial charge is 0.468 e. The van der Waals surface area contributed by atoms with Gasteiger partial charge in [0.15, 0.2) is 11.5 Å². The maximum absolute atomic E-state index is 12.5. The zero-order valence-corrected chi connectivity index (χ0v) is 17.7. The van der Waals surface area contributed by atoms with Gasteiger partial charge in [0, 0.05) is 12.1 Å². The lowest BCUT2D eigenvalue weighted by Gasteiger charge is -2.11. The Balaban J connectivity index is 1.87. The lowest BCUT2D eigenvalue weighted by Crippen LogP contribution is -2.20. The van der Waals surface area contributed by atoms with Crippen molar-refractivity contribution in [3.05, 3.63) is 78.5 Å². The Bertz CT molecular complexity index is 1300. The van der Waals surface area contributed by atoms with E-state index in [4.69, 9.17) is 9.47 Å². The maximum atomic E-state index is 12.5. The first-order valence-electron chi connectivity index (χ1n) is 9.37. The number of benzene rings is 2. The van der Waals surface area contributed by atoms with Crippen molar-refractivity contribution in [2.75, 3.05) is 12.4 Å². The predicted octanol–water partition coefficient (Wildman–Crippen LogP) is 3.36. The number of non-ortho nitro benzene ring substituents is 1. The van der Waals surface area contributed by atoms with Crippen LogP contribution in [0.3, 0.4) is 0 Å². The van der Waals surface area contributed by atoms with Crippen LogP contribution in [0.15, 0.2) is 42.5 Å². The van der Waals surface area contributed by atoms with Crippen molar-refractivity contribution in [3.8, 4) is 17.2 Å². The van der Waals surface area contributed by atoms with Gasteiger partial charge in [0.05, 0.1) is 33.8 Å². The van der Waals surface area contributed by atoms with Crippen LogP contribution < -0.4 is 14.8 Å². The summed E-state index contributed by atoms with van der Waals surface area (Å²) < 4.78 is 11.7. The molecule has 34 heavy (non-hydrogen) atoms. The zero-order chi connectivity index (χ0) is 25.0. The number of aromatic nitrogens is 2. The van der Waals surface area contributed by atoms with Gasteiger partial charge in [0.2, 0.25) is 5.91 Å². The van der Waals surface area contributed by atoms with Crippen molar-refractivity contribution in [1.82, 2.24) is 9.78 Å². The van der Waals surface area contributed by atoms with Gasteiger partial charge in [0.25, 0.3) is 5.69 Å². The quantitative estimate of drug-likeness (QED) is 0.356. The molecule has 3 rings (SSSR count). The average molecular weight is 472 g/mol. The minimum Gasteiger partial charge on any atom is -0.493 e. The van der Waals surface area contributed by atoms with Crippen molar-refractivity contribution >= 4 is 28.8 Å². The molecule has 0 saturated heterocycles. The van der Waals surface area contributed by atoms with Crippen LogP contribution in [0.5, 0.6) is 17.2 Å². The van der Waals surface area contributed by atoms with E-state index in [0.717, 1.165) is 16.8 Å². The van der Waals surface area contributed by atoms with E-state index in [0.29, 0.717) is 5.75 Å². The number of rotatable bonds is 9. The highest BCUT2D eigenvalue weighted by Crippen LogP contribution is 2.34. The molecule has 1 heterocycles. The first kappa shape index (κ1) is 23.6. The fourth-order valence-corrected chi connectivity index (χ4v) is 3.00. The van der Waals surface area contributed by atoms with E-state index in [1.54, 1.807) is 24.3 Å². The number of carbonyl (C=O) groups is 1. The summed E-state index contributed by atoms with van der Waals surface area (Å²) in [5, 5.41) is 39.4. The second-order valence-electron chi connectivity index (χ2n) is 6.70. The number of ether oxygens (including phenoxy) is 2. The number of nitro groups is 3. The Morgan fingerprint density at radius 3 is 2.26 bits per heavy atom. The van der Waals surface area contributed by atoms with E-state index in [9.17, 15) is 35.1 Å². The minimum absolute atomic E-state index is 0.0158. The van der Waals surface area contributed by atoms with Crippen LogP contribution in [0.2, 0.25) is 0 Å². The van der Waals surface area contributed by atoms with Gasteiger partial charge in [0.1, 0.15) is 18.0 Å². The molecule has 0 aliphatic heterocycles. The normalized spacial score (nSPS) is 10.4. The van der Waals surface area contributed by atoms with E-state index in [2.05, 4.69) is 10.4 Å². The Kier molecular flexibility index (Phi) is 6.65. The summed E-state index contributed by atoms with van der Waals surface area (Å²) in [7, 11) is 1.42. The van der Waals surface area contributed by atoms with Gasteiger partial charge in [-0.25, -0.2) is 0 Å². The van der Waals surface area contributed by atoms with Gasteiger partial charge >= 0.3 is 11.5 Å². The highest BCUT2D eigenvalue weighted by atomic mass is 16.6. The molecule has 1 amide bonds. The molecular weight excluding hydrogens is 456 g/mol. The molecule has 0 radical (unpaired) electrons. The molecule has 15 nitrogen and oxygen atoms in total. The summed E-state index contributed by atoms with van der Waals surface area (Å²) in [6.07, 6.45) is 0. The van der Waals surface area contributed by atoms with Gasteiger partial charge in [-0.15, -0.1) is 0 Å². The van der Waals surface area contributed by atoms with Crippen LogP contribution in [0, 0.1) is 37.3 Å². The summed E-state index contributed by atoms with van der Waals surface area (Å²) in [6.45, 7) is 0.587. The number of hydrogen-bond acceptors (Lipinski definition) is 10. The third-order valence-electron chi connectivity index (χ3n) is 4.49. The van der Waals surface area contributed by atoms with Crippen LogP contribution in [0.1, 0.15) is 5.69 Å². The molecule has 0 atom stereocenters. The summed E-state index contributed by atoms with van der Waals surface area (Å²) in [5.74, 6) is -1.13. The van der Waals surface area contributed by atoms with Crippen LogP contribution >= 0.6 is 0 Å². The average Bonchev–Trinajstić information content (AvgIpc) is 3.10. The Labute approximate surface area is 190 Å². The molecule has 0 aliphatic carbocycles. The molecule has 0 aliphatic rings. The minimum atomic E-state index is -1.03. The predicted molar refractivity (Wildman–Crippen MR) is 115 cm³/mol. The summed E-state index contributed by atoms with van der Waals surface area (Å²) in [5.41, 5.74) is -1.44. The van der Waals surface area contributed by atoms with E-state index >= 15 is 0 Å². The Morgan fingerprint density at radius 2 is 1.71 bits per heavy atom. The van der Waals surface area contributed by atoms with E-state index in [-0.39, 0.29) is 28.6 Å². The maximum Gasteiger partial charge on any atom is 0.468 e. The van der Waals surface area contributed by atoms with E-state index in [1.165, 1.54) is 20.1 Å². The number of methoxy groups -OCH3 is 1. The third kappa shape index (κ3) is 5.04. The fourth-order valence-electron chi connectivity index (χ4n) is 3.00. The van der Waals surface area contributed by atoms with Crippen LogP contribution in [0.4, 0.5) is 22.9 Å². The SMILES string of the molecule is COc1ccccc1Oc1cc(NC(=O)Cn2nc([N+](=O)[O-])c([N+](=O)[O-])c2C)cc([N+](=O)[O-])c1. The molecule has 176 valence electrons. The first-order chi connectivity index (χ1) is 16.1. The molecule has 3 aromatic rings. The molecule has 15 heteroatoms. The number of carbonyl (C=O) groups excluding carboxylic acids is 1. The number of nitrogens with zero attached hydrogens (tertiary/aromatic N) is 5. The highest BCUT2D eigenvalue weighted by Gasteiger charge is 2.35. The Hall–Kier alpha value is -5.08. The van der Waals surface area contributed by atoms with Crippen molar-refractivity contribution in [3.63, 3.8) is 0 Å². The highest BCUT2D eigenvalue weighted by molar-refractivity contribution is 5.91. The number of hydrogen-bond donors (Lipinski definition) is 1. The number of nitrogens with one attached hydrogen (secondary N) is 1. The van der Waals surface area contributed by atoms with Gasteiger partial charge in [-0.3, -0.25) is 25.0 Å². The van der Waals surface area contributed by atoms with Crippen LogP contribution in [-0.2, 0) is 11.3 Å². The topological polar surface area (TPSA) is 195 Å². The summed E-state index contributed by atoms with van der Waals surface area (Å²) in [4.78, 5) is 43.3. The molecule has 0 unspecified atom stereocenters. The monoisotopic (exact) mass is 472 g/mol. The number of anilines is 1. The lowest BCUT2D eigenvalue weighted by molar-refractivity contribution is -0.424. The number of amides is 1.